The summed E-state index contributed by atoms with van der Waals surface area (Å²) >= 11 is 1.43. The normalized spacial score (nSPS) is 13.1. The zero-order valence-corrected chi connectivity index (χ0v) is 15.0. The minimum atomic E-state index is -0.551. The first-order valence-electron chi connectivity index (χ1n) is 7.86. The molecule has 1 unspecified atom stereocenters. The molecule has 2 rings (SSSR count). The first kappa shape index (κ1) is 17.8. The Morgan fingerprint density at radius 3 is 2.83 bits per heavy atom. The molecule has 0 saturated carbocycles. The average Bonchev–Trinajstić information content (AvgIpc) is 2.99. The summed E-state index contributed by atoms with van der Waals surface area (Å²) in [6.07, 6.45) is 0.361. The lowest BCUT2D eigenvalue weighted by Gasteiger charge is -2.23. The highest BCUT2D eigenvalue weighted by Crippen LogP contribution is 2.27. The fourth-order valence-corrected chi connectivity index (χ4v) is 2.66. The van der Waals surface area contributed by atoms with Gasteiger partial charge in [-0.25, -0.2) is 0 Å². The molecule has 0 aliphatic heterocycles. The lowest BCUT2D eigenvalue weighted by Crippen LogP contribution is -2.42. The molecule has 23 heavy (non-hydrogen) atoms. The number of benzene rings is 1. The maximum absolute atomic E-state index is 10.0. The van der Waals surface area contributed by atoms with Gasteiger partial charge in [-0.3, -0.25) is 0 Å². The summed E-state index contributed by atoms with van der Waals surface area (Å²) < 4.78 is 9.73. The van der Waals surface area contributed by atoms with E-state index in [4.69, 9.17) is 4.74 Å². The Labute approximate surface area is 141 Å². The molecule has 0 saturated heterocycles. The number of aliphatic hydroxyl groups is 1. The first-order chi connectivity index (χ1) is 10.9. The quantitative estimate of drug-likeness (QED) is 0.814. The van der Waals surface area contributed by atoms with Crippen LogP contribution in [0.25, 0.3) is 11.3 Å². The van der Waals surface area contributed by atoms with Crippen LogP contribution >= 0.6 is 11.5 Å². The molecule has 0 bridgehead atoms. The number of nitrogens with zero attached hydrogens (tertiary/aromatic N) is 2. The molecule has 1 aromatic heterocycles. The minimum Gasteiger partial charge on any atom is -0.491 e. The molecule has 1 atom stereocenters. The topological polar surface area (TPSA) is 67.3 Å². The highest BCUT2D eigenvalue weighted by atomic mass is 32.1. The summed E-state index contributed by atoms with van der Waals surface area (Å²) in [5, 5.41) is 17.5. The van der Waals surface area contributed by atoms with Crippen LogP contribution in [-0.2, 0) is 6.42 Å². The van der Waals surface area contributed by atoms with E-state index in [0.29, 0.717) is 6.54 Å². The highest BCUT2D eigenvalue weighted by molar-refractivity contribution is 7.05. The lowest BCUT2D eigenvalue weighted by atomic mass is 10.1. The number of hydrogen-bond acceptors (Lipinski definition) is 6. The van der Waals surface area contributed by atoms with Crippen LogP contribution in [0.15, 0.2) is 24.3 Å². The third kappa shape index (κ3) is 5.57. The van der Waals surface area contributed by atoms with Gasteiger partial charge in [0.15, 0.2) is 0 Å². The monoisotopic (exact) mass is 335 g/mol. The molecule has 0 fully saturated rings. The Morgan fingerprint density at radius 1 is 1.35 bits per heavy atom. The minimum absolute atomic E-state index is 0.0188. The van der Waals surface area contributed by atoms with Gasteiger partial charge in [-0.15, -0.1) is 5.10 Å². The van der Waals surface area contributed by atoms with E-state index >= 15 is 0 Å². The van der Waals surface area contributed by atoms with Gasteiger partial charge >= 0.3 is 0 Å². The van der Waals surface area contributed by atoms with Crippen molar-refractivity contribution in [2.75, 3.05) is 13.2 Å². The van der Waals surface area contributed by atoms with Gasteiger partial charge in [0, 0.05) is 17.6 Å². The number of rotatable bonds is 7. The van der Waals surface area contributed by atoms with E-state index in [9.17, 15) is 5.11 Å². The number of ether oxygens (including phenoxy) is 1. The van der Waals surface area contributed by atoms with Crippen LogP contribution in [0, 0.1) is 0 Å². The molecule has 0 aliphatic carbocycles. The number of aromatic nitrogens is 2. The van der Waals surface area contributed by atoms with Crippen LogP contribution in [0.3, 0.4) is 0 Å². The van der Waals surface area contributed by atoms with Crippen LogP contribution < -0.4 is 10.1 Å². The fourth-order valence-electron chi connectivity index (χ4n) is 2.07. The standard InChI is InChI=1S/C17H25N3O2S/c1-5-15-16(19-20-23-15)12-7-6-8-14(9-12)22-11-13(21)10-18-17(2,3)4/h6-9,13,18,21H,5,10-11H2,1-4H3. The maximum Gasteiger partial charge on any atom is 0.120 e. The second kappa shape index (κ2) is 7.86. The molecule has 2 aromatic rings. The molecule has 6 heteroatoms. The van der Waals surface area contributed by atoms with Gasteiger partial charge in [-0.1, -0.05) is 23.5 Å². The van der Waals surface area contributed by atoms with Gasteiger partial charge in [-0.2, -0.15) is 0 Å². The summed E-state index contributed by atoms with van der Waals surface area (Å²) in [4.78, 5) is 1.16. The molecular weight excluding hydrogens is 310 g/mol. The molecule has 0 aliphatic rings. The van der Waals surface area contributed by atoms with Crippen molar-refractivity contribution in [1.82, 2.24) is 14.9 Å². The van der Waals surface area contributed by atoms with Gasteiger partial charge in [0.2, 0.25) is 0 Å². The second-order valence-corrected chi connectivity index (χ2v) is 7.36. The van der Waals surface area contributed by atoms with Crippen LogP contribution in [-0.4, -0.2) is 39.5 Å². The Hall–Kier alpha value is -1.50. The van der Waals surface area contributed by atoms with Crippen molar-refractivity contribution in [3.63, 3.8) is 0 Å². The van der Waals surface area contributed by atoms with Gasteiger partial charge in [-0.05, 0) is 50.9 Å². The fraction of sp³-hybridized carbons (Fsp3) is 0.529. The van der Waals surface area contributed by atoms with Crippen molar-refractivity contribution in [2.45, 2.75) is 45.8 Å². The lowest BCUT2D eigenvalue weighted by molar-refractivity contribution is 0.100. The Balaban J connectivity index is 1.95. The summed E-state index contributed by atoms with van der Waals surface area (Å²) in [6.45, 7) is 9.05. The van der Waals surface area contributed by atoms with Crippen LogP contribution in [0.1, 0.15) is 32.6 Å². The van der Waals surface area contributed by atoms with Gasteiger partial charge in [0.1, 0.15) is 24.2 Å². The largest absolute Gasteiger partial charge is 0.491 e. The SMILES string of the molecule is CCc1snnc1-c1cccc(OCC(O)CNC(C)(C)C)c1. The number of β-amino-alcohol motifs (C(OH)–C–C–N with tert-alkyl or cyclic N) is 1. The highest BCUT2D eigenvalue weighted by Gasteiger charge is 2.13. The number of hydrogen-bond donors (Lipinski definition) is 2. The van der Waals surface area contributed by atoms with E-state index in [1.807, 2.05) is 24.3 Å². The zero-order chi connectivity index (χ0) is 16.9. The molecular formula is C17H25N3O2S. The van der Waals surface area contributed by atoms with E-state index in [0.717, 1.165) is 28.3 Å². The van der Waals surface area contributed by atoms with Crippen molar-refractivity contribution in [1.29, 1.82) is 0 Å². The molecule has 126 valence electrons. The van der Waals surface area contributed by atoms with E-state index in [2.05, 4.69) is 42.6 Å². The average molecular weight is 335 g/mol. The Morgan fingerprint density at radius 2 is 2.13 bits per heavy atom. The van der Waals surface area contributed by atoms with Crippen LogP contribution in [0.4, 0.5) is 0 Å². The smallest absolute Gasteiger partial charge is 0.120 e. The zero-order valence-electron chi connectivity index (χ0n) is 14.2. The Bertz CT molecular complexity index is 622. The molecule has 1 heterocycles. The van der Waals surface area contributed by atoms with Crippen molar-refractivity contribution >= 4 is 11.5 Å². The first-order valence-corrected chi connectivity index (χ1v) is 8.64. The third-order valence-corrected chi connectivity index (χ3v) is 4.16. The summed E-state index contributed by atoms with van der Waals surface area (Å²) in [7, 11) is 0. The predicted molar refractivity (Wildman–Crippen MR) is 94.0 cm³/mol. The molecule has 5 nitrogen and oxygen atoms in total. The van der Waals surface area contributed by atoms with Crippen LogP contribution in [0.2, 0.25) is 0 Å². The van der Waals surface area contributed by atoms with Crippen LogP contribution in [0.5, 0.6) is 5.75 Å². The molecule has 2 N–H and O–H groups in total. The van der Waals surface area contributed by atoms with Crippen molar-refractivity contribution in [3.8, 4) is 17.0 Å². The molecule has 0 amide bonds. The van der Waals surface area contributed by atoms with E-state index < -0.39 is 6.10 Å². The molecule has 0 spiro atoms. The van der Waals surface area contributed by atoms with E-state index in [-0.39, 0.29) is 12.1 Å². The maximum atomic E-state index is 10.0. The summed E-state index contributed by atoms with van der Waals surface area (Å²) in [5.74, 6) is 0.729. The summed E-state index contributed by atoms with van der Waals surface area (Å²) in [5.41, 5.74) is 1.89. The van der Waals surface area contributed by atoms with E-state index in [1.54, 1.807) is 0 Å². The van der Waals surface area contributed by atoms with Gasteiger partial charge in [0.25, 0.3) is 0 Å². The number of nitrogens with one attached hydrogen (secondary N) is 1. The van der Waals surface area contributed by atoms with Crippen molar-refractivity contribution in [2.24, 2.45) is 0 Å². The predicted octanol–water partition coefficient (Wildman–Crippen LogP) is 2.90. The Kier molecular flexibility index (Phi) is 6.10. The molecule has 1 aromatic carbocycles. The number of aliphatic hydroxyl groups excluding tert-OH is 1. The van der Waals surface area contributed by atoms with E-state index in [1.165, 1.54) is 11.5 Å². The van der Waals surface area contributed by atoms with Crippen molar-refractivity contribution in [3.05, 3.63) is 29.1 Å². The number of aryl methyl sites for hydroxylation is 1. The van der Waals surface area contributed by atoms with Crippen molar-refractivity contribution < 1.29 is 9.84 Å². The van der Waals surface area contributed by atoms with Gasteiger partial charge < -0.3 is 15.2 Å². The molecule has 0 radical (unpaired) electrons. The second-order valence-electron chi connectivity index (χ2n) is 6.52. The van der Waals surface area contributed by atoms with Gasteiger partial charge in [0.05, 0.1) is 4.88 Å². The summed E-state index contributed by atoms with van der Waals surface area (Å²) in [6, 6.07) is 7.77. The third-order valence-electron chi connectivity index (χ3n) is 3.29.